The molecule has 21 heavy (non-hydrogen) atoms. The number of amides is 1. The minimum Gasteiger partial charge on any atom is -0.507 e. The Bertz CT molecular complexity index is 733. The van der Waals surface area contributed by atoms with E-state index >= 15 is 0 Å². The number of benzene rings is 2. The normalized spacial score (nSPS) is 10.2. The monoisotopic (exact) mass is 353 g/mol. The number of aromatic carboxylic acids is 1. The molecule has 2 rings (SSSR count). The van der Waals surface area contributed by atoms with Crippen molar-refractivity contribution in [1.82, 2.24) is 0 Å². The van der Waals surface area contributed by atoms with Gasteiger partial charge in [-0.3, -0.25) is 4.79 Å². The van der Waals surface area contributed by atoms with Crippen LogP contribution in [0, 0.1) is 5.82 Å². The fourth-order valence-electron chi connectivity index (χ4n) is 1.68. The number of carbonyl (C=O) groups excluding carboxylic acids is 1. The molecule has 0 unspecified atom stereocenters. The van der Waals surface area contributed by atoms with Crippen LogP contribution in [0.3, 0.4) is 0 Å². The quantitative estimate of drug-likeness (QED) is 0.790. The number of nitrogens with one attached hydrogen (secondary N) is 1. The summed E-state index contributed by atoms with van der Waals surface area (Å²) >= 11 is 3.14. The van der Waals surface area contributed by atoms with Crippen LogP contribution in [0.4, 0.5) is 10.1 Å². The summed E-state index contributed by atoms with van der Waals surface area (Å²) in [6, 6.07) is 7.15. The molecule has 0 aliphatic rings. The van der Waals surface area contributed by atoms with Gasteiger partial charge in [0.05, 0.1) is 11.1 Å². The van der Waals surface area contributed by atoms with Crippen molar-refractivity contribution in [2.75, 3.05) is 5.32 Å². The van der Waals surface area contributed by atoms with Crippen LogP contribution in [0.1, 0.15) is 20.7 Å². The van der Waals surface area contributed by atoms with Crippen molar-refractivity contribution >= 4 is 33.5 Å². The lowest BCUT2D eigenvalue weighted by molar-refractivity contribution is 0.0696. The molecule has 0 aliphatic heterocycles. The number of hydrogen-bond donors (Lipinski definition) is 3. The van der Waals surface area contributed by atoms with E-state index in [9.17, 15) is 19.1 Å². The highest BCUT2D eigenvalue weighted by Gasteiger charge is 2.13. The number of phenols is 1. The maximum Gasteiger partial charge on any atom is 0.335 e. The Morgan fingerprint density at radius 2 is 1.86 bits per heavy atom. The highest BCUT2D eigenvalue weighted by molar-refractivity contribution is 9.10. The Morgan fingerprint density at radius 3 is 2.48 bits per heavy atom. The van der Waals surface area contributed by atoms with Crippen molar-refractivity contribution in [3.05, 3.63) is 57.8 Å². The molecule has 0 aliphatic carbocycles. The van der Waals surface area contributed by atoms with E-state index in [1.807, 2.05) is 0 Å². The van der Waals surface area contributed by atoms with Gasteiger partial charge in [-0.2, -0.15) is 0 Å². The van der Waals surface area contributed by atoms with Crippen LogP contribution < -0.4 is 5.32 Å². The molecule has 3 N–H and O–H groups in total. The van der Waals surface area contributed by atoms with Gasteiger partial charge in [-0.25, -0.2) is 9.18 Å². The summed E-state index contributed by atoms with van der Waals surface area (Å²) in [5, 5.41) is 20.9. The van der Waals surface area contributed by atoms with Crippen molar-refractivity contribution in [2.24, 2.45) is 0 Å². The van der Waals surface area contributed by atoms with Crippen LogP contribution in [0.25, 0.3) is 0 Å². The maximum atomic E-state index is 12.9. The molecular formula is C14H9BrFNO4. The van der Waals surface area contributed by atoms with Crippen LogP contribution in [-0.2, 0) is 0 Å². The Balaban J connectivity index is 2.29. The van der Waals surface area contributed by atoms with Crippen molar-refractivity contribution in [3.8, 4) is 5.75 Å². The van der Waals surface area contributed by atoms with Gasteiger partial charge in [0.2, 0.25) is 0 Å². The SMILES string of the molecule is O=C(O)c1cc(Br)cc(NC(=O)c2ccc(F)cc2O)c1. The molecule has 1 amide bonds. The summed E-state index contributed by atoms with van der Waals surface area (Å²) < 4.78 is 13.3. The Hall–Kier alpha value is -2.41. The van der Waals surface area contributed by atoms with Crippen molar-refractivity contribution in [3.63, 3.8) is 0 Å². The van der Waals surface area contributed by atoms with Crippen LogP contribution in [-0.4, -0.2) is 22.1 Å². The molecule has 2 aromatic rings. The first-order valence-electron chi connectivity index (χ1n) is 5.70. The van der Waals surface area contributed by atoms with Gasteiger partial charge in [-0.1, -0.05) is 15.9 Å². The second kappa shape index (κ2) is 5.92. The van der Waals surface area contributed by atoms with E-state index in [1.165, 1.54) is 18.2 Å². The second-order valence-corrected chi connectivity index (χ2v) is 5.07. The van der Waals surface area contributed by atoms with Crippen LogP contribution in [0.2, 0.25) is 0 Å². The molecular weight excluding hydrogens is 345 g/mol. The summed E-state index contributed by atoms with van der Waals surface area (Å²) in [5.41, 5.74) is 0.103. The number of carbonyl (C=O) groups is 2. The molecule has 0 atom stereocenters. The van der Waals surface area contributed by atoms with Gasteiger partial charge < -0.3 is 15.5 Å². The number of aromatic hydroxyl groups is 1. The molecule has 0 heterocycles. The molecule has 0 saturated heterocycles. The molecule has 0 fully saturated rings. The smallest absolute Gasteiger partial charge is 0.335 e. The maximum absolute atomic E-state index is 12.9. The molecule has 2 aromatic carbocycles. The molecule has 0 saturated carbocycles. The third kappa shape index (κ3) is 3.57. The molecule has 0 spiro atoms. The first-order chi connectivity index (χ1) is 9.86. The van der Waals surface area contributed by atoms with E-state index in [-0.39, 0.29) is 16.8 Å². The third-order valence-electron chi connectivity index (χ3n) is 2.61. The molecule has 108 valence electrons. The van der Waals surface area contributed by atoms with Crippen LogP contribution in [0.15, 0.2) is 40.9 Å². The van der Waals surface area contributed by atoms with Gasteiger partial charge >= 0.3 is 5.97 Å². The predicted molar refractivity (Wildman–Crippen MR) is 77.1 cm³/mol. The minimum absolute atomic E-state index is 0.0111. The standard InChI is InChI=1S/C14H9BrFNO4/c15-8-3-7(14(20)21)4-10(5-8)17-13(19)11-2-1-9(16)6-12(11)18/h1-6,18H,(H,17,19)(H,20,21). The van der Waals surface area contributed by atoms with Gasteiger partial charge in [0.15, 0.2) is 0 Å². The number of phenolic OH excluding ortho intramolecular Hbond substituents is 1. The van der Waals surface area contributed by atoms with Gasteiger partial charge in [-0.15, -0.1) is 0 Å². The van der Waals surface area contributed by atoms with E-state index in [0.29, 0.717) is 4.47 Å². The second-order valence-electron chi connectivity index (χ2n) is 4.15. The van der Waals surface area contributed by atoms with Gasteiger partial charge in [0, 0.05) is 16.2 Å². The number of rotatable bonds is 3. The lowest BCUT2D eigenvalue weighted by Crippen LogP contribution is -2.13. The fourth-order valence-corrected chi connectivity index (χ4v) is 2.17. The molecule has 0 bridgehead atoms. The number of carboxylic acids is 1. The number of anilines is 1. The van der Waals surface area contributed by atoms with Crippen LogP contribution >= 0.6 is 15.9 Å². The summed E-state index contributed by atoms with van der Waals surface area (Å²) in [4.78, 5) is 22.9. The molecule has 5 nitrogen and oxygen atoms in total. The average Bonchev–Trinajstić information content (AvgIpc) is 2.37. The Morgan fingerprint density at radius 1 is 1.14 bits per heavy atom. The lowest BCUT2D eigenvalue weighted by atomic mass is 10.1. The van der Waals surface area contributed by atoms with E-state index in [0.717, 1.165) is 18.2 Å². The minimum atomic E-state index is -1.14. The van der Waals surface area contributed by atoms with Crippen molar-refractivity contribution in [2.45, 2.75) is 0 Å². The summed E-state index contributed by atoms with van der Waals surface area (Å²) in [6.07, 6.45) is 0. The van der Waals surface area contributed by atoms with Gasteiger partial charge in [0.1, 0.15) is 11.6 Å². The van der Waals surface area contributed by atoms with E-state index < -0.39 is 23.4 Å². The largest absolute Gasteiger partial charge is 0.507 e. The highest BCUT2D eigenvalue weighted by atomic mass is 79.9. The fraction of sp³-hybridized carbons (Fsp3) is 0. The first kappa shape index (κ1) is 15.0. The Kier molecular flexibility index (Phi) is 4.23. The van der Waals surface area contributed by atoms with Gasteiger partial charge in [-0.05, 0) is 30.3 Å². The average molecular weight is 354 g/mol. The predicted octanol–water partition coefficient (Wildman–Crippen LogP) is 3.24. The number of hydrogen-bond acceptors (Lipinski definition) is 3. The highest BCUT2D eigenvalue weighted by Crippen LogP contribution is 2.23. The summed E-state index contributed by atoms with van der Waals surface area (Å²) in [7, 11) is 0. The zero-order chi connectivity index (χ0) is 15.6. The number of halogens is 2. The third-order valence-corrected chi connectivity index (χ3v) is 3.06. The topological polar surface area (TPSA) is 86.6 Å². The van der Waals surface area contributed by atoms with Crippen molar-refractivity contribution < 1.29 is 24.2 Å². The van der Waals surface area contributed by atoms with Crippen LogP contribution in [0.5, 0.6) is 5.75 Å². The summed E-state index contributed by atoms with van der Waals surface area (Å²) in [5.74, 6) is -2.99. The molecule has 7 heteroatoms. The molecule has 0 aromatic heterocycles. The Labute approximate surface area is 127 Å². The van der Waals surface area contributed by atoms with E-state index in [1.54, 1.807) is 0 Å². The van der Waals surface area contributed by atoms with Gasteiger partial charge in [0.25, 0.3) is 5.91 Å². The van der Waals surface area contributed by atoms with E-state index in [2.05, 4.69) is 21.2 Å². The van der Waals surface area contributed by atoms with Crippen molar-refractivity contribution in [1.29, 1.82) is 0 Å². The lowest BCUT2D eigenvalue weighted by Gasteiger charge is -2.08. The summed E-state index contributed by atoms with van der Waals surface area (Å²) in [6.45, 7) is 0. The van der Waals surface area contributed by atoms with E-state index in [4.69, 9.17) is 5.11 Å². The molecule has 0 radical (unpaired) electrons. The number of carboxylic acid groups (broad SMARTS) is 1. The zero-order valence-electron chi connectivity index (χ0n) is 10.4. The first-order valence-corrected chi connectivity index (χ1v) is 6.50. The zero-order valence-corrected chi connectivity index (χ0v) is 12.0.